The second-order valence-corrected chi connectivity index (χ2v) is 31.2. The van der Waals surface area contributed by atoms with E-state index in [1.54, 1.807) is 11.1 Å². The van der Waals surface area contributed by atoms with Gasteiger partial charge in [-0.15, -0.1) is 0 Å². The van der Waals surface area contributed by atoms with Gasteiger partial charge in [-0.05, 0) is 190 Å². The van der Waals surface area contributed by atoms with Crippen molar-refractivity contribution in [2.24, 2.45) is 92.7 Å². The van der Waals surface area contributed by atoms with Crippen molar-refractivity contribution < 1.29 is 28.0 Å². The van der Waals surface area contributed by atoms with E-state index in [-0.39, 0.29) is 35.0 Å². The van der Waals surface area contributed by atoms with E-state index in [1.807, 2.05) is 0 Å². The fraction of sp³-hybridized carbons (Fsp3) is 0.910. The minimum atomic E-state index is -0.0482. The van der Waals surface area contributed by atoms with Gasteiger partial charge < -0.3 is 18.4 Å². The van der Waals surface area contributed by atoms with Crippen LogP contribution in [0.3, 0.4) is 0 Å². The first-order valence-corrected chi connectivity index (χ1v) is 31.9. The highest BCUT2D eigenvalue weighted by Crippen LogP contribution is 2.69. The van der Waals surface area contributed by atoms with Gasteiger partial charge in [-0.2, -0.15) is 0 Å². The number of carbonyl (C=O) groups is 2. The van der Waals surface area contributed by atoms with E-state index in [4.69, 9.17) is 9.47 Å². The second kappa shape index (κ2) is 23.2. The number of rotatable bonds is 22. The highest BCUT2D eigenvalue weighted by molar-refractivity contribution is 5.71. The van der Waals surface area contributed by atoms with Crippen LogP contribution in [0.4, 0.5) is 0 Å². The van der Waals surface area contributed by atoms with Gasteiger partial charge in [0.1, 0.15) is 12.2 Å². The number of nitrogens with zero attached hydrogens (tertiary/aromatic N) is 3. The summed E-state index contributed by atoms with van der Waals surface area (Å²) >= 11 is 0. The van der Waals surface area contributed by atoms with Crippen molar-refractivity contribution in [3.63, 3.8) is 0 Å². The molecule has 8 aliphatic carbocycles. The van der Waals surface area contributed by atoms with Crippen molar-refractivity contribution in [3.05, 3.63) is 23.3 Å². The van der Waals surface area contributed by atoms with Crippen LogP contribution in [0.25, 0.3) is 0 Å². The summed E-state index contributed by atoms with van der Waals surface area (Å²) in [5.74, 6) is 9.98. The van der Waals surface area contributed by atoms with Gasteiger partial charge in [0.25, 0.3) is 0 Å². The van der Waals surface area contributed by atoms with Gasteiger partial charge in [0.2, 0.25) is 0 Å². The largest absolute Gasteiger partial charge is 0.458 e. The third-order valence-electron chi connectivity index (χ3n) is 24.4. The van der Waals surface area contributed by atoms with E-state index in [2.05, 4.69) is 122 Å². The van der Waals surface area contributed by atoms with Crippen LogP contribution in [-0.4, -0.2) is 113 Å². The Labute approximate surface area is 456 Å². The molecule has 0 amide bonds. The summed E-state index contributed by atoms with van der Waals surface area (Å²) < 4.78 is 13.9. The lowest BCUT2D eigenvalue weighted by molar-refractivity contribution is -0.885. The summed E-state index contributed by atoms with van der Waals surface area (Å²) in [5.41, 5.74) is 4.76. The van der Waals surface area contributed by atoms with Crippen LogP contribution in [0, 0.1) is 92.7 Å². The maximum absolute atomic E-state index is 13.6. The highest BCUT2D eigenvalue weighted by atomic mass is 16.5. The Balaban J connectivity index is 0.736. The van der Waals surface area contributed by atoms with E-state index in [0.717, 1.165) is 136 Å². The number of ether oxygens (including phenoxy) is 2. The Morgan fingerprint density at radius 1 is 0.554 bits per heavy atom. The number of allylic oxidation sites excluding steroid dienone is 2. The normalized spacial score (nSPS) is 38.7. The predicted octanol–water partition coefficient (Wildman–Crippen LogP) is 15.0. The summed E-state index contributed by atoms with van der Waals surface area (Å²) in [6, 6.07) is 0. The molecule has 0 unspecified atom stereocenters. The molecule has 0 aliphatic heterocycles. The fourth-order valence-corrected chi connectivity index (χ4v) is 19.8. The molecule has 0 aromatic rings. The van der Waals surface area contributed by atoms with E-state index in [0.29, 0.717) is 32.9 Å². The number of hydrogen-bond acceptors (Lipinski definition) is 5. The molecule has 6 saturated carbocycles. The first-order valence-electron chi connectivity index (χ1n) is 31.9. The number of likely N-dealkylation sites (N-methyl/N-ethyl adjacent to an activating group) is 3. The lowest BCUT2D eigenvalue weighted by atomic mass is 9.47. The van der Waals surface area contributed by atoms with Crippen molar-refractivity contribution in [1.82, 2.24) is 4.90 Å². The number of fused-ring (bicyclic) bond motifs is 10. The van der Waals surface area contributed by atoms with Gasteiger partial charge in [-0.3, -0.25) is 4.90 Å². The van der Waals surface area contributed by atoms with E-state index >= 15 is 0 Å². The summed E-state index contributed by atoms with van der Waals surface area (Å²) in [6.07, 6.45) is 33.6. The van der Waals surface area contributed by atoms with E-state index in [9.17, 15) is 9.59 Å². The Hall–Kier alpha value is -1.70. The fourth-order valence-electron chi connectivity index (χ4n) is 19.8. The maximum atomic E-state index is 13.6. The molecule has 0 radical (unpaired) electrons. The van der Waals surface area contributed by atoms with Gasteiger partial charge in [-0.25, -0.2) is 9.59 Å². The molecule has 0 heterocycles. The minimum Gasteiger partial charge on any atom is -0.458 e. The Bertz CT molecular complexity index is 1850. The lowest BCUT2D eigenvalue weighted by Gasteiger charge is -2.58. The summed E-state index contributed by atoms with van der Waals surface area (Å²) in [4.78, 5) is 29.6. The Morgan fingerprint density at radius 3 is 1.32 bits per heavy atom. The third-order valence-corrected chi connectivity index (χ3v) is 24.4. The van der Waals surface area contributed by atoms with Crippen molar-refractivity contribution in [1.29, 1.82) is 0 Å². The second-order valence-electron chi connectivity index (χ2n) is 31.2. The molecule has 8 aliphatic rings. The highest BCUT2D eigenvalue weighted by Gasteiger charge is 2.61. The average Bonchev–Trinajstić information content (AvgIpc) is 3.87. The Kier molecular flexibility index (Phi) is 18.3. The van der Waals surface area contributed by atoms with Gasteiger partial charge >= 0.3 is 11.9 Å². The lowest BCUT2D eigenvalue weighted by Crippen LogP contribution is -2.52. The zero-order valence-electron chi connectivity index (χ0n) is 51.0. The smallest absolute Gasteiger partial charge is 0.362 e. The number of hydrogen-bond donors (Lipinski definition) is 0. The van der Waals surface area contributed by atoms with Crippen molar-refractivity contribution in [2.45, 2.75) is 223 Å². The molecule has 7 heteroatoms. The van der Waals surface area contributed by atoms with E-state index < -0.39 is 0 Å². The van der Waals surface area contributed by atoms with E-state index in [1.165, 1.54) is 103 Å². The molecular formula is C67H117N3O4+2. The molecule has 8 rings (SSSR count). The molecule has 7 nitrogen and oxygen atoms in total. The third kappa shape index (κ3) is 12.5. The molecule has 16 atom stereocenters. The molecule has 0 aromatic heterocycles. The molecule has 0 spiro atoms. The maximum Gasteiger partial charge on any atom is 0.362 e. The first kappa shape index (κ1) is 58.4. The van der Waals surface area contributed by atoms with Gasteiger partial charge in [0.05, 0.1) is 41.3 Å². The van der Waals surface area contributed by atoms with Crippen LogP contribution in [-0.2, 0) is 19.1 Å². The molecule has 0 N–H and O–H groups in total. The molecular weight excluding hydrogens is 911 g/mol. The minimum absolute atomic E-state index is 0.00587. The monoisotopic (exact) mass is 1030 g/mol. The first-order chi connectivity index (χ1) is 34.8. The van der Waals surface area contributed by atoms with Gasteiger partial charge in [0, 0.05) is 25.9 Å². The number of esters is 2. The summed E-state index contributed by atoms with van der Waals surface area (Å²) in [7, 11) is 10.9. The molecule has 0 aromatic carbocycles. The standard InChI is InChI=1S/C67H117N3O4/c1-46(2)18-16-20-48(5)56-26-28-58-54-24-22-50-42-52(30-34-64(50,7)60(54)32-36-66(56,58)9)73-62(71)44-69(12,13)40-38-68(11)39-41-70(14,15)45-63(72)74-53-31-35-65(8)51(43-53)23-25-55-59-29-27-57(49(6)21-17-19-47(3)4)67(59,10)37-33-61(55)65/h22-23,46-49,52-61H,16-21,24-45H2,1-15H3/q+2/t48-,49-,52+,53+,54+,55+,56-,57-,58+,59+,60+,61+,64+,65+,66-,67-/m1/s1. The predicted molar refractivity (Wildman–Crippen MR) is 307 cm³/mol. The topological polar surface area (TPSA) is 55.8 Å². The van der Waals surface area contributed by atoms with Crippen LogP contribution < -0.4 is 0 Å². The SMILES string of the molecule is CC(C)CCC[C@@H](C)[C@H]1CC[C@H]2[C@@H]3CC=C4C[C@@H](OC(=O)C[N+](C)(C)CCN(C)CC[N+](C)(C)CC(=O)O[C@H]5CC[C@@]6(C)C(=CC[C@H]7[C@@H]8CC[C@H]([C@H](C)CCCC(C)C)[C@@]8(C)CC[C@@H]76)C5)CC[C@]4(C)[C@H]3CC[C@]12C. The number of quaternary nitrogens is 2. The molecule has 0 saturated heterocycles. The zero-order valence-corrected chi connectivity index (χ0v) is 51.0. The molecule has 74 heavy (non-hydrogen) atoms. The summed E-state index contributed by atoms with van der Waals surface area (Å²) in [5, 5.41) is 0. The Morgan fingerprint density at radius 2 is 0.946 bits per heavy atom. The quantitative estimate of drug-likeness (QED) is 0.0614. The number of carbonyl (C=O) groups excluding carboxylic acids is 2. The van der Waals surface area contributed by atoms with Crippen molar-refractivity contribution in [3.8, 4) is 0 Å². The molecule has 0 bridgehead atoms. The van der Waals surface area contributed by atoms with Gasteiger partial charge in [0.15, 0.2) is 13.1 Å². The van der Waals surface area contributed by atoms with Crippen LogP contribution in [0.5, 0.6) is 0 Å². The van der Waals surface area contributed by atoms with Crippen LogP contribution in [0.2, 0.25) is 0 Å². The van der Waals surface area contributed by atoms with Crippen molar-refractivity contribution in [2.75, 3.05) is 74.5 Å². The van der Waals surface area contributed by atoms with Gasteiger partial charge in [-0.1, -0.05) is 131 Å². The van der Waals surface area contributed by atoms with Crippen molar-refractivity contribution >= 4 is 11.9 Å². The zero-order chi connectivity index (χ0) is 53.6. The average molecular weight is 1030 g/mol. The molecule has 6 fully saturated rings. The molecule has 422 valence electrons. The summed E-state index contributed by atoms with van der Waals surface area (Å²) in [6.45, 7) is 29.6. The van der Waals surface area contributed by atoms with Crippen LogP contribution >= 0.6 is 0 Å². The van der Waals surface area contributed by atoms with Crippen LogP contribution in [0.1, 0.15) is 210 Å². The van der Waals surface area contributed by atoms with Crippen LogP contribution in [0.15, 0.2) is 23.3 Å².